The molecule has 1 saturated carbocycles. The summed E-state index contributed by atoms with van der Waals surface area (Å²) in [5.41, 5.74) is -0.226. The Morgan fingerprint density at radius 2 is 1.82 bits per heavy atom. The molecule has 0 spiro atoms. The van der Waals surface area contributed by atoms with E-state index in [1.807, 2.05) is 39.0 Å². The van der Waals surface area contributed by atoms with Gasteiger partial charge in [0.05, 0.1) is 13.2 Å². The molecule has 2 rings (SSSR count). The maximum absolute atomic E-state index is 5.88. The van der Waals surface area contributed by atoms with Crippen molar-refractivity contribution in [3.8, 4) is 17.2 Å². The maximum atomic E-state index is 5.88. The van der Waals surface area contributed by atoms with E-state index in [1.54, 1.807) is 7.11 Å². The molecule has 0 saturated heterocycles. The second kappa shape index (κ2) is 4.47. The van der Waals surface area contributed by atoms with Crippen molar-refractivity contribution in [1.29, 1.82) is 0 Å². The van der Waals surface area contributed by atoms with Crippen LogP contribution in [-0.4, -0.2) is 18.8 Å². The average molecular weight is 236 g/mol. The smallest absolute Gasteiger partial charge is 0.165 e. The van der Waals surface area contributed by atoms with Crippen molar-refractivity contribution in [3.63, 3.8) is 0 Å². The molecule has 3 heteroatoms. The van der Waals surface area contributed by atoms with E-state index in [1.165, 1.54) is 0 Å². The summed E-state index contributed by atoms with van der Waals surface area (Å²) in [7, 11) is 1.65. The fourth-order valence-electron chi connectivity index (χ4n) is 1.49. The Bertz CT molecular complexity index is 389. The van der Waals surface area contributed by atoms with Gasteiger partial charge in [-0.1, -0.05) is 0 Å². The highest BCUT2D eigenvalue weighted by molar-refractivity contribution is 5.46. The molecule has 0 N–H and O–H groups in total. The topological polar surface area (TPSA) is 27.7 Å². The monoisotopic (exact) mass is 236 g/mol. The van der Waals surface area contributed by atoms with Crippen LogP contribution in [0.25, 0.3) is 0 Å². The molecule has 0 bridgehead atoms. The third-order valence-corrected chi connectivity index (χ3v) is 2.39. The lowest BCUT2D eigenvalue weighted by Crippen LogP contribution is -2.23. The number of rotatable bonds is 4. The van der Waals surface area contributed by atoms with Crippen LogP contribution in [0.5, 0.6) is 17.2 Å². The Balaban J connectivity index is 2.22. The van der Waals surface area contributed by atoms with Crippen LogP contribution in [0.2, 0.25) is 0 Å². The minimum Gasteiger partial charge on any atom is -0.497 e. The van der Waals surface area contributed by atoms with E-state index in [2.05, 4.69) is 0 Å². The van der Waals surface area contributed by atoms with Gasteiger partial charge in [-0.25, -0.2) is 0 Å². The summed E-state index contributed by atoms with van der Waals surface area (Å²) in [5.74, 6) is 2.36. The summed E-state index contributed by atoms with van der Waals surface area (Å²) in [6.45, 7) is 6.08. The van der Waals surface area contributed by atoms with Crippen LogP contribution in [0.1, 0.15) is 33.6 Å². The predicted molar refractivity (Wildman–Crippen MR) is 67.0 cm³/mol. The van der Waals surface area contributed by atoms with E-state index in [0.717, 1.165) is 30.1 Å². The SMILES string of the molecule is COc1ccc(OC(C)(C)C)c(OC2CC2)c1. The minimum absolute atomic E-state index is 0.226. The Hall–Kier alpha value is -1.38. The van der Waals surface area contributed by atoms with Crippen molar-refractivity contribution in [3.05, 3.63) is 18.2 Å². The van der Waals surface area contributed by atoms with Crippen LogP contribution in [0, 0.1) is 0 Å². The molecule has 1 aliphatic rings. The quantitative estimate of drug-likeness (QED) is 0.801. The predicted octanol–water partition coefficient (Wildman–Crippen LogP) is 3.41. The summed E-state index contributed by atoms with van der Waals surface area (Å²) in [6, 6.07) is 5.68. The molecule has 0 radical (unpaired) electrons. The molecule has 0 amide bonds. The fourth-order valence-corrected chi connectivity index (χ4v) is 1.49. The van der Waals surface area contributed by atoms with E-state index < -0.39 is 0 Å². The standard InChI is InChI=1S/C14H20O3/c1-14(2,3)17-12-8-7-11(15-4)9-13(12)16-10-5-6-10/h7-10H,5-6H2,1-4H3. The highest BCUT2D eigenvalue weighted by Gasteiger charge is 2.26. The lowest BCUT2D eigenvalue weighted by Gasteiger charge is -2.23. The van der Waals surface area contributed by atoms with Gasteiger partial charge >= 0.3 is 0 Å². The van der Waals surface area contributed by atoms with Gasteiger partial charge in [-0.15, -0.1) is 0 Å². The largest absolute Gasteiger partial charge is 0.497 e. The van der Waals surface area contributed by atoms with Gasteiger partial charge in [-0.2, -0.15) is 0 Å². The van der Waals surface area contributed by atoms with Gasteiger partial charge in [0.1, 0.15) is 11.4 Å². The molecule has 3 nitrogen and oxygen atoms in total. The van der Waals surface area contributed by atoms with Crippen molar-refractivity contribution < 1.29 is 14.2 Å². The minimum atomic E-state index is -0.226. The van der Waals surface area contributed by atoms with Gasteiger partial charge < -0.3 is 14.2 Å². The van der Waals surface area contributed by atoms with Gasteiger partial charge in [0, 0.05) is 6.07 Å². The Kier molecular flexibility index (Phi) is 3.18. The first-order valence-corrected chi connectivity index (χ1v) is 6.01. The number of methoxy groups -OCH3 is 1. The molecule has 1 aromatic carbocycles. The van der Waals surface area contributed by atoms with Gasteiger partial charge in [-0.05, 0) is 45.7 Å². The Morgan fingerprint density at radius 3 is 2.35 bits per heavy atom. The van der Waals surface area contributed by atoms with E-state index in [-0.39, 0.29) is 5.60 Å². The van der Waals surface area contributed by atoms with Crippen LogP contribution in [0.4, 0.5) is 0 Å². The zero-order valence-corrected chi connectivity index (χ0v) is 10.9. The fraction of sp³-hybridized carbons (Fsp3) is 0.571. The first-order chi connectivity index (χ1) is 7.98. The van der Waals surface area contributed by atoms with Crippen LogP contribution < -0.4 is 14.2 Å². The van der Waals surface area contributed by atoms with Crippen molar-refractivity contribution >= 4 is 0 Å². The molecule has 0 aromatic heterocycles. The molecule has 1 fully saturated rings. The van der Waals surface area contributed by atoms with Crippen molar-refractivity contribution in [1.82, 2.24) is 0 Å². The van der Waals surface area contributed by atoms with E-state index in [4.69, 9.17) is 14.2 Å². The number of ether oxygens (including phenoxy) is 3. The third-order valence-electron chi connectivity index (χ3n) is 2.39. The molecule has 0 atom stereocenters. The molecule has 1 aromatic rings. The van der Waals surface area contributed by atoms with Crippen LogP contribution in [0.3, 0.4) is 0 Å². The van der Waals surface area contributed by atoms with Crippen molar-refractivity contribution in [2.24, 2.45) is 0 Å². The number of hydrogen-bond donors (Lipinski definition) is 0. The Morgan fingerprint density at radius 1 is 1.12 bits per heavy atom. The molecule has 1 aliphatic carbocycles. The van der Waals surface area contributed by atoms with Crippen LogP contribution in [0.15, 0.2) is 18.2 Å². The van der Waals surface area contributed by atoms with E-state index >= 15 is 0 Å². The normalized spacial score (nSPS) is 15.5. The van der Waals surface area contributed by atoms with Crippen molar-refractivity contribution in [2.45, 2.75) is 45.3 Å². The second-order valence-corrected chi connectivity index (χ2v) is 5.34. The van der Waals surface area contributed by atoms with Gasteiger partial charge in [0.25, 0.3) is 0 Å². The third kappa shape index (κ3) is 3.55. The van der Waals surface area contributed by atoms with Gasteiger partial charge in [-0.3, -0.25) is 0 Å². The summed E-state index contributed by atoms with van der Waals surface area (Å²) < 4.78 is 16.9. The summed E-state index contributed by atoms with van der Waals surface area (Å²) >= 11 is 0. The first kappa shape index (κ1) is 12.1. The van der Waals surface area contributed by atoms with Gasteiger partial charge in [0.2, 0.25) is 0 Å². The molecule has 17 heavy (non-hydrogen) atoms. The molecule has 0 unspecified atom stereocenters. The van der Waals surface area contributed by atoms with Gasteiger partial charge in [0.15, 0.2) is 11.5 Å². The second-order valence-electron chi connectivity index (χ2n) is 5.34. The summed E-state index contributed by atoms with van der Waals surface area (Å²) in [5, 5.41) is 0. The number of benzene rings is 1. The molecular weight excluding hydrogens is 216 g/mol. The zero-order chi connectivity index (χ0) is 12.5. The van der Waals surface area contributed by atoms with Crippen LogP contribution >= 0.6 is 0 Å². The van der Waals surface area contributed by atoms with Crippen LogP contribution in [-0.2, 0) is 0 Å². The number of hydrogen-bond acceptors (Lipinski definition) is 3. The lowest BCUT2D eigenvalue weighted by atomic mass is 10.2. The summed E-state index contributed by atoms with van der Waals surface area (Å²) in [6.07, 6.45) is 2.61. The van der Waals surface area contributed by atoms with E-state index in [9.17, 15) is 0 Å². The average Bonchev–Trinajstić information content (AvgIpc) is 3.02. The lowest BCUT2D eigenvalue weighted by molar-refractivity contribution is 0.122. The molecule has 94 valence electrons. The highest BCUT2D eigenvalue weighted by atomic mass is 16.5. The zero-order valence-electron chi connectivity index (χ0n) is 10.9. The Labute approximate surface area is 103 Å². The maximum Gasteiger partial charge on any atom is 0.165 e. The van der Waals surface area contributed by atoms with E-state index in [0.29, 0.717) is 6.10 Å². The first-order valence-electron chi connectivity index (χ1n) is 6.01. The van der Waals surface area contributed by atoms with Crippen molar-refractivity contribution in [2.75, 3.05) is 7.11 Å². The molecule has 0 aliphatic heterocycles. The highest BCUT2D eigenvalue weighted by Crippen LogP contribution is 2.37. The molecule has 0 heterocycles. The summed E-state index contributed by atoms with van der Waals surface area (Å²) in [4.78, 5) is 0. The molecular formula is C14H20O3.